The molecule has 0 bridgehead atoms. The van der Waals surface area contributed by atoms with Crippen molar-refractivity contribution in [2.24, 2.45) is 0 Å². The molecule has 1 aliphatic carbocycles. The van der Waals surface area contributed by atoms with E-state index in [1.54, 1.807) is 30.0 Å². The first-order valence-electron chi connectivity index (χ1n) is 7.57. The average molecular weight is 354 g/mol. The monoisotopic (exact) mass is 354 g/mol. The number of thiocarbonyl (C=S) groups is 1. The van der Waals surface area contributed by atoms with E-state index in [0.29, 0.717) is 23.0 Å². The number of nitrogens with zero attached hydrogens (tertiary/aromatic N) is 1. The molecule has 2 aliphatic rings. The summed E-state index contributed by atoms with van der Waals surface area (Å²) in [6.45, 7) is -0.891. The number of amides is 1. The zero-order valence-electron chi connectivity index (χ0n) is 12.9. The Hall–Kier alpha value is -2.22. The molecule has 0 radical (unpaired) electrons. The van der Waals surface area contributed by atoms with Gasteiger partial charge in [-0.1, -0.05) is 6.07 Å². The van der Waals surface area contributed by atoms with Gasteiger partial charge in [0.15, 0.2) is 16.6 Å². The highest BCUT2D eigenvalue weighted by Gasteiger charge is 2.41. The number of ether oxygens (including phenoxy) is 2. The predicted octanol–water partition coefficient (Wildman–Crippen LogP) is 2.91. The van der Waals surface area contributed by atoms with Gasteiger partial charge in [-0.15, -0.1) is 0 Å². The van der Waals surface area contributed by atoms with Crippen LogP contribution in [0.3, 0.4) is 0 Å². The Morgan fingerprint density at radius 2 is 2.17 bits per heavy atom. The van der Waals surface area contributed by atoms with Crippen molar-refractivity contribution in [3.8, 4) is 11.5 Å². The second-order valence-corrected chi connectivity index (χ2v) is 5.80. The number of alkyl halides is 2. The fourth-order valence-corrected chi connectivity index (χ4v) is 2.80. The van der Waals surface area contributed by atoms with Crippen LogP contribution < -0.4 is 14.8 Å². The average Bonchev–Trinajstić information content (AvgIpc) is 3.29. The van der Waals surface area contributed by atoms with Crippen LogP contribution in [0.2, 0.25) is 0 Å². The lowest BCUT2D eigenvalue weighted by Crippen LogP contribution is -2.32. The highest BCUT2D eigenvalue weighted by molar-refractivity contribution is 7.80. The number of rotatable bonds is 6. The molecule has 1 saturated carbocycles. The maximum Gasteiger partial charge on any atom is 0.387 e. The third kappa shape index (κ3) is 3.48. The molecule has 0 unspecified atom stereocenters. The lowest BCUT2D eigenvalue weighted by atomic mass is 10.1. The van der Waals surface area contributed by atoms with Gasteiger partial charge in [0, 0.05) is 6.04 Å². The van der Waals surface area contributed by atoms with Gasteiger partial charge in [0.05, 0.1) is 6.61 Å². The Bertz CT molecular complexity index is 705. The van der Waals surface area contributed by atoms with Crippen molar-refractivity contribution in [1.82, 2.24) is 10.2 Å². The minimum atomic E-state index is -2.93. The van der Waals surface area contributed by atoms with Gasteiger partial charge in [-0.3, -0.25) is 9.69 Å². The third-order valence-corrected chi connectivity index (χ3v) is 3.92. The van der Waals surface area contributed by atoms with Crippen LogP contribution in [0.5, 0.6) is 11.5 Å². The number of hydrogen-bond acceptors (Lipinski definition) is 4. The number of nitrogens with one attached hydrogen (secondary N) is 1. The SMILES string of the molecule is CCOc1cc(C=C2NC(=S)N(C3CC3)C2=O)ccc1OC(F)F. The molecule has 0 spiro atoms. The lowest BCUT2D eigenvalue weighted by molar-refractivity contribution is -0.122. The maximum atomic E-state index is 12.4. The van der Waals surface area contributed by atoms with Gasteiger partial charge < -0.3 is 14.8 Å². The summed E-state index contributed by atoms with van der Waals surface area (Å²) in [7, 11) is 0. The standard InChI is InChI=1S/C16H16F2N2O3S/c1-2-22-13-8-9(3-6-12(13)23-15(17)18)7-11-14(21)20(10-4-5-10)16(24)19-11/h3,6-8,10,15H,2,4-5H2,1H3,(H,19,24). The molecule has 1 aromatic rings. The molecule has 1 N–H and O–H groups in total. The van der Waals surface area contributed by atoms with Crippen molar-refractivity contribution in [3.63, 3.8) is 0 Å². The molecule has 1 saturated heterocycles. The van der Waals surface area contributed by atoms with Crippen LogP contribution >= 0.6 is 12.2 Å². The van der Waals surface area contributed by atoms with Gasteiger partial charge in [0.25, 0.3) is 5.91 Å². The Labute approximate surface area is 143 Å². The first-order chi connectivity index (χ1) is 11.5. The van der Waals surface area contributed by atoms with E-state index in [1.807, 2.05) is 0 Å². The van der Waals surface area contributed by atoms with E-state index in [0.717, 1.165) is 12.8 Å². The molecule has 1 aromatic carbocycles. The minimum absolute atomic E-state index is 0.0464. The van der Waals surface area contributed by atoms with E-state index in [-0.39, 0.29) is 23.4 Å². The summed E-state index contributed by atoms with van der Waals surface area (Å²) < 4.78 is 34.6. The molecule has 0 atom stereocenters. The molecule has 5 nitrogen and oxygen atoms in total. The van der Waals surface area contributed by atoms with Crippen molar-refractivity contribution in [2.45, 2.75) is 32.4 Å². The largest absolute Gasteiger partial charge is 0.490 e. The topological polar surface area (TPSA) is 50.8 Å². The van der Waals surface area contributed by atoms with Crippen molar-refractivity contribution < 1.29 is 23.0 Å². The molecule has 1 amide bonds. The molecule has 2 fully saturated rings. The highest BCUT2D eigenvalue weighted by Crippen LogP contribution is 2.33. The Kier molecular flexibility index (Phi) is 4.66. The van der Waals surface area contributed by atoms with Crippen LogP contribution in [0.25, 0.3) is 6.08 Å². The fourth-order valence-electron chi connectivity index (χ4n) is 2.46. The molecule has 24 heavy (non-hydrogen) atoms. The Morgan fingerprint density at radius 1 is 1.42 bits per heavy atom. The van der Waals surface area contributed by atoms with Crippen molar-refractivity contribution >= 4 is 29.3 Å². The summed E-state index contributed by atoms with van der Waals surface area (Å²) in [5.41, 5.74) is 0.980. The van der Waals surface area contributed by atoms with Gasteiger partial charge in [-0.2, -0.15) is 8.78 Å². The second kappa shape index (κ2) is 6.72. The van der Waals surface area contributed by atoms with Crippen molar-refractivity contribution in [3.05, 3.63) is 29.5 Å². The van der Waals surface area contributed by atoms with E-state index >= 15 is 0 Å². The zero-order chi connectivity index (χ0) is 17.3. The van der Waals surface area contributed by atoms with Gasteiger partial charge in [0.1, 0.15) is 5.70 Å². The zero-order valence-corrected chi connectivity index (χ0v) is 13.7. The maximum absolute atomic E-state index is 12.4. The number of hydrogen-bond donors (Lipinski definition) is 1. The molecule has 1 aliphatic heterocycles. The highest BCUT2D eigenvalue weighted by atomic mass is 32.1. The molecular formula is C16H16F2N2O3S. The second-order valence-electron chi connectivity index (χ2n) is 5.41. The van der Waals surface area contributed by atoms with E-state index in [4.69, 9.17) is 17.0 Å². The van der Waals surface area contributed by atoms with Crippen LogP contribution in [0, 0.1) is 0 Å². The van der Waals surface area contributed by atoms with Crippen molar-refractivity contribution in [2.75, 3.05) is 6.61 Å². The van der Waals surface area contributed by atoms with Crippen molar-refractivity contribution in [1.29, 1.82) is 0 Å². The van der Waals surface area contributed by atoms with E-state index < -0.39 is 6.61 Å². The quantitative estimate of drug-likeness (QED) is 0.629. The van der Waals surface area contributed by atoms with Crippen LogP contribution in [0.15, 0.2) is 23.9 Å². The molecule has 1 heterocycles. The van der Waals surface area contributed by atoms with Gasteiger partial charge in [-0.05, 0) is 55.8 Å². The van der Waals surface area contributed by atoms with Gasteiger partial charge in [-0.25, -0.2) is 0 Å². The summed E-state index contributed by atoms with van der Waals surface area (Å²) in [5, 5.41) is 3.30. The smallest absolute Gasteiger partial charge is 0.387 e. The molecular weight excluding hydrogens is 338 g/mol. The summed E-state index contributed by atoms with van der Waals surface area (Å²) in [6, 6.07) is 4.70. The van der Waals surface area contributed by atoms with E-state index in [2.05, 4.69) is 10.1 Å². The van der Waals surface area contributed by atoms with Crippen LogP contribution in [-0.2, 0) is 4.79 Å². The normalized spacial score (nSPS) is 19.2. The first-order valence-corrected chi connectivity index (χ1v) is 7.98. The summed E-state index contributed by atoms with van der Waals surface area (Å²) >= 11 is 5.19. The third-order valence-electron chi connectivity index (χ3n) is 3.62. The molecule has 3 rings (SSSR count). The Morgan fingerprint density at radius 3 is 2.79 bits per heavy atom. The number of benzene rings is 1. The van der Waals surface area contributed by atoms with Gasteiger partial charge >= 0.3 is 6.61 Å². The lowest BCUT2D eigenvalue weighted by Gasteiger charge is -2.12. The first kappa shape index (κ1) is 16.6. The van der Waals surface area contributed by atoms with Crippen LogP contribution in [-0.4, -0.2) is 35.2 Å². The fraction of sp³-hybridized carbons (Fsp3) is 0.375. The summed E-state index contributed by atoms with van der Waals surface area (Å²) in [6.07, 6.45) is 3.52. The Balaban J connectivity index is 1.85. The number of carbonyl (C=O) groups excluding carboxylic acids is 1. The van der Waals surface area contributed by atoms with Crippen LogP contribution in [0.1, 0.15) is 25.3 Å². The van der Waals surface area contributed by atoms with Gasteiger partial charge in [0.2, 0.25) is 0 Å². The number of halogens is 2. The summed E-state index contributed by atoms with van der Waals surface area (Å²) in [4.78, 5) is 14.0. The minimum Gasteiger partial charge on any atom is -0.490 e. The molecule has 0 aromatic heterocycles. The predicted molar refractivity (Wildman–Crippen MR) is 87.8 cm³/mol. The van der Waals surface area contributed by atoms with E-state index in [1.165, 1.54) is 6.07 Å². The van der Waals surface area contributed by atoms with E-state index in [9.17, 15) is 13.6 Å². The summed E-state index contributed by atoms with van der Waals surface area (Å²) in [5.74, 6) is -0.0255. The molecule has 8 heteroatoms. The molecule has 128 valence electrons. The number of carbonyl (C=O) groups is 1. The van der Waals surface area contributed by atoms with Crippen LogP contribution in [0.4, 0.5) is 8.78 Å².